The molecule has 11 nitrogen and oxygen atoms in total. The molecule has 0 aliphatic carbocycles. The summed E-state index contributed by atoms with van der Waals surface area (Å²) in [6.07, 6.45) is 2.44. The molecule has 0 bridgehead atoms. The molecule has 2 aromatic rings. The van der Waals surface area contributed by atoms with Crippen LogP contribution in [0.1, 0.15) is 50.5 Å². The highest BCUT2D eigenvalue weighted by Gasteiger charge is 2.29. The number of ether oxygens (including phenoxy) is 2. The number of nitrogens with one attached hydrogen (secondary N) is 3. The van der Waals surface area contributed by atoms with Gasteiger partial charge in [0.25, 0.3) is 0 Å². The molecule has 1 aromatic carbocycles. The van der Waals surface area contributed by atoms with E-state index in [9.17, 15) is 24.0 Å². The minimum absolute atomic E-state index is 0.0362. The lowest BCUT2D eigenvalue weighted by molar-refractivity contribution is -0.137. The van der Waals surface area contributed by atoms with Crippen LogP contribution in [0.25, 0.3) is 0 Å². The molecule has 0 saturated heterocycles. The first-order valence-corrected chi connectivity index (χ1v) is 14.7. The van der Waals surface area contributed by atoms with Crippen LogP contribution in [0.15, 0.2) is 60.0 Å². The monoisotopic (exact) mass is 600 g/mol. The molecular formula is C30H40N4O7S. The van der Waals surface area contributed by atoms with Crippen LogP contribution >= 0.6 is 11.3 Å². The van der Waals surface area contributed by atoms with E-state index in [1.54, 1.807) is 6.92 Å². The lowest BCUT2D eigenvalue weighted by Gasteiger charge is -2.25. The van der Waals surface area contributed by atoms with Crippen molar-refractivity contribution in [2.75, 3.05) is 6.61 Å². The van der Waals surface area contributed by atoms with Crippen molar-refractivity contribution in [1.29, 1.82) is 0 Å². The summed E-state index contributed by atoms with van der Waals surface area (Å²) in [5.74, 6) is -2.20. The second-order valence-electron chi connectivity index (χ2n) is 9.96. The van der Waals surface area contributed by atoms with Crippen LogP contribution in [0.5, 0.6) is 0 Å². The van der Waals surface area contributed by atoms with Crippen LogP contribution < -0.4 is 21.7 Å². The van der Waals surface area contributed by atoms with E-state index in [2.05, 4.69) is 16.0 Å². The maximum absolute atomic E-state index is 13.5. The zero-order valence-electron chi connectivity index (χ0n) is 24.2. The Hall–Kier alpha value is -4.19. The number of nitrogens with two attached hydrogens (primary N) is 1. The number of hydrogen-bond donors (Lipinski definition) is 4. The standard InChI is InChI=1S/C30H40N4O7S/c1-4-40-27(36)15-13-22(12-14-26(31)35)32-28(37)25(18-23-11-8-16-42-23)33-29(38)24(17-20(2)3)34-30(39)41-19-21-9-6-5-7-10-21/h5-11,13,15-16,20,22,24-25H,4,12,14,17-19H2,1-3H3,(H2,31,35)(H,32,37)(H,33,38)(H,34,39)/b15-13+/t22-,24-,25-/m0/s1. The zero-order valence-corrected chi connectivity index (χ0v) is 25.0. The van der Waals surface area contributed by atoms with Gasteiger partial charge in [0, 0.05) is 29.8 Å². The van der Waals surface area contributed by atoms with Gasteiger partial charge in [0.2, 0.25) is 17.7 Å². The smallest absolute Gasteiger partial charge is 0.408 e. The largest absolute Gasteiger partial charge is 0.463 e. The van der Waals surface area contributed by atoms with E-state index in [4.69, 9.17) is 15.2 Å². The van der Waals surface area contributed by atoms with Crippen molar-refractivity contribution in [3.63, 3.8) is 0 Å². The van der Waals surface area contributed by atoms with E-state index in [1.807, 2.05) is 61.7 Å². The van der Waals surface area contributed by atoms with Crippen LogP contribution in [0.4, 0.5) is 4.79 Å². The van der Waals surface area contributed by atoms with Gasteiger partial charge in [-0.05, 0) is 42.7 Å². The third-order valence-electron chi connectivity index (χ3n) is 5.93. The molecule has 228 valence electrons. The summed E-state index contributed by atoms with van der Waals surface area (Å²) < 4.78 is 10.2. The highest BCUT2D eigenvalue weighted by atomic mass is 32.1. The fourth-order valence-corrected chi connectivity index (χ4v) is 4.66. The van der Waals surface area contributed by atoms with Crippen molar-refractivity contribution in [3.8, 4) is 0 Å². The number of carbonyl (C=O) groups is 5. The van der Waals surface area contributed by atoms with Gasteiger partial charge in [0.15, 0.2) is 0 Å². The number of primary amides is 1. The molecule has 0 saturated carbocycles. The Morgan fingerprint density at radius 3 is 2.26 bits per heavy atom. The van der Waals surface area contributed by atoms with Crippen molar-refractivity contribution in [3.05, 3.63) is 70.4 Å². The van der Waals surface area contributed by atoms with Crippen molar-refractivity contribution in [1.82, 2.24) is 16.0 Å². The average molecular weight is 601 g/mol. The quantitative estimate of drug-likeness (QED) is 0.160. The fourth-order valence-electron chi connectivity index (χ4n) is 3.90. The Morgan fingerprint density at radius 1 is 0.929 bits per heavy atom. The molecule has 0 aliphatic rings. The van der Waals surface area contributed by atoms with Crippen LogP contribution in [0.3, 0.4) is 0 Å². The number of thiophene rings is 1. The molecular weight excluding hydrogens is 560 g/mol. The summed E-state index contributed by atoms with van der Waals surface area (Å²) >= 11 is 1.43. The lowest BCUT2D eigenvalue weighted by atomic mass is 10.0. The van der Waals surface area contributed by atoms with Gasteiger partial charge >= 0.3 is 12.1 Å². The van der Waals surface area contributed by atoms with E-state index in [-0.39, 0.29) is 38.4 Å². The maximum Gasteiger partial charge on any atom is 0.408 e. The summed E-state index contributed by atoms with van der Waals surface area (Å²) in [4.78, 5) is 63.5. The van der Waals surface area contributed by atoms with E-state index >= 15 is 0 Å². The van der Waals surface area contributed by atoms with E-state index in [1.165, 1.54) is 23.5 Å². The summed E-state index contributed by atoms with van der Waals surface area (Å²) in [5, 5.41) is 10.0. The lowest BCUT2D eigenvalue weighted by Crippen LogP contribution is -2.55. The first-order chi connectivity index (χ1) is 20.1. The Bertz CT molecular complexity index is 1190. The van der Waals surface area contributed by atoms with Crippen molar-refractivity contribution >= 4 is 41.1 Å². The Morgan fingerprint density at radius 2 is 1.64 bits per heavy atom. The zero-order chi connectivity index (χ0) is 30.9. The van der Waals surface area contributed by atoms with Crippen molar-refractivity contribution in [2.24, 2.45) is 11.7 Å². The van der Waals surface area contributed by atoms with E-state index in [0.717, 1.165) is 10.4 Å². The topological polar surface area (TPSA) is 166 Å². The maximum atomic E-state index is 13.5. The van der Waals surface area contributed by atoms with Crippen LogP contribution in [-0.2, 0) is 41.7 Å². The van der Waals surface area contributed by atoms with Gasteiger partial charge in [0.05, 0.1) is 6.61 Å². The van der Waals surface area contributed by atoms with E-state index < -0.39 is 47.9 Å². The van der Waals surface area contributed by atoms with Gasteiger partial charge in [-0.2, -0.15) is 0 Å². The molecule has 0 spiro atoms. The molecule has 12 heteroatoms. The summed E-state index contributed by atoms with van der Waals surface area (Å²) in [6.45, 7) is 5.71. The Kier molecular flexibility index (Phi) is 14.8. The van der Waals surface area contributed by atoms with Gasteiger partial charge in [-0.3, -0.25) is 14.4 Å². The summed E-state index contributed by atoms with van der Waals surface area (Å²) in [5.41, 5.74) is 6.09. The SMILES string of the molecule is CCOC(=O)/C=C/[C@H](CCC(N)=O)NC(=O)[C@H](Cc1cccs1)NC(=O)[C@H](CC(C)C)NC(=O)OCc1ccccc1. The average Bonchev–Trinajstić information content (AvgIpc) is 3.46. The predicted molar refractivity (Wildman–Crippen MR) is 159 cm³/mol. The molecule has 5 N–H and O–H groups in total. The van der Waals surface area contributed by atoms with Crippen molar-refractivity contribution < 1.29 is 33.4 Å². The Labute approximate surface area is 250 Å². The third kappa shape index (κ3) is 13.4. The van der Waals surface area contributed by atoms with Gasteiger partial charge in [0.1, 0.15) is 18.7 Å². The number of alkyl carbamates (subject to hydrolysis) is 1. The first kappa shape index (κ1) is 34.0. The molecule has 3 atom stereocenters. The fraction of sp³-hybridized carbons (Fsp3) is 0.433. The van der Waals surface area contributed by atoms with Crippen molar-refractivity contribution in [2.45, 2.75) is 71.2 Å². The van der Waals surface area contributed by atoms with E-state index in [0.29, 0.717) is 6.42 Å². The minimum Gasteiger partial charge on any atom is -0.463 e. The first-order valence-electron chi connectivity index (χ1n) is 13.8. The third-order valence-corrected chi connectivity index (χ3v) is 6.83. The molecule has 1 aromatic heterocycles. The Balaban J connectivity index is 2.17. The van der Waals surface area contributed by atoms with Gasteiger partial charge in [-0.15, -0.1) is 11.3 Å². The number of rotatable bonds is 17. The molecule has 0 fully saturated rings. The number of carbonyl (C=O) groups excluding carboxylic acids is 5. The normalized spacial score (nSPS) is 13.1. The summed E-state index contributed by atoms with van der Waals surface area (Å²) in [7, 11) is 0. The second-order valence-corrected chi connectivity index (χ2v) is 11.0. The minimum atomic E-state index is -1.01. The summed E-state index contributed by atoms with van der Waals surface area (Å²) in [6, 6.07) is 10.1. The number of amides is 4. The number of hydrogen-bond acceptors (Lipinski definition) is 8. The number of benzene rings is 1. The number of esters is 1. The van der Waals surface area contributed by atoms with Gasteiger partial charge < -0.3 is 31.2 Å². The molecule has 0 aliphatic heterocycles. The highest BCUT2D eigenvalue weighted by molar-refractivity contribution is 7.09. The molecule has 0 radical (unpaired) electrons. The molecule has 42 heavy (non-hydrogen) atoms. The second kappa shape index (κ2) is 18.3. The van der Waals surface area contributed by atoms with Gasteiger partial charge in [-0.25, -0.2) is 9.59 Å². The molecule has 0 unspecified atom stereocenters. The molecule has 4 amide bonds. The van der Waals surface area contributed by atoms with Crippen LogP contribution in [0, 0.1) is 5.92 Å². The van der Waals surface area contributed by atoms with Crippen LogP contribution in [-0.4, -0.2) is 54.5 Å². The molecule has 1 heterocycles. The highest BCUT2D eigenvalue weighted by Crippen LogP contribution is 2.13. The molecule has 2 rings (SSSR count). The predicted octanol–water partition coefficient (Wildman–Crippen LogP) is 2.99. The van der Waals surface area contributed by atoms with Crippen LogP contribution in [0.2, 0.25) is 0 Å². The van der Waals surface area contributed by atoms with Gasteiger partial charge in [-0.1, -0.05) is 56.3 Å².